The predicted octanol–water partition coefficient (Wildman–Crippen LogP) is 0.709. The maximum absolute atomic E-state index is 11.3. The first-order valence-electron chi connectivity index (χ1n) is 8.37. The Labute approximate surface area is 141 Å². The van der Waals surface area contributed by atoms with E-state index in [2.05, 4.69) is 10.2 Å². The van der Waals surface area contributed by atoms with Gasteiger partial charge >= 0.3 is 6.03 Å². The molecule has 0 bridgehead atoms. The first kappa shape index (κ1) is 16.9. The largest absolute Gasteiger partial charge is 0.497 e. The molecule has 2 aliphatic rings. The van der Waals surface area contributed by atoms with Crippen LogP contribution >= 0.6 is 0 Å². The Bertz CT molecular complexity index is 577. The van der Waals surface area contributed by atoms with Gasteiger partial charge in [0.15, 0.2) is 0 Å². The lowest BCUT2D eigenvalue weighted by atomic mass is 10.1. The number of nitrogens with two attached hydrogens (primary N) is 1. The highest BCUT2D eigenvalue weighted by atomic mass is 16.5. The molecule has 24 heavy (non-hydrogen) atoms. The summed E-state index contributed by atoms with van der Waals surface area (Å²) in [6, 6.07) is 6.33. The molecule has 4 atom stereocenters. The van der Waals surface area contributed by atoms with Crippen LogP contribution in [0.3, 0.4) is 0 Å². The first-order chi connectivity index (χ1) is 11.6. The number of hydrogen-bond acceptors (Lipinski definition) is 5. The van der Waals surface area contributed by atoms with Crippen LogP contribution in [0.5, 0.6) is 11.5 Å². The fraction of sp³-hybridized carbons (Fsp3) is 0.588. The minimum absolute atomic E-state index is 0.171. The van der Waals surface area contributed by atoms with Gasteiger partial charge in [0.05, 0.1) is 19.2 Å². The maximum Gasteiger partial charge on any atom is 0.312 e. The van der Waals surface area contributed by atoms with Crippen molar-refractivity contribution in [3.05, 3.63) is 24.3 Å². The van der Waals surface area contributed by atoms with Crippen LogP contribution in [0.2, 0.25) is 0 Å². The first-order valence-corrected chi connectivity index (χ1v) is 8.37. The summed E-state index contributed by atoms with van der Waals surface area (Å²) >= 11 is 0. The fourth-order valence-corrected chi connectivity index (χ4v) is 3.79. The van der Waals surface area contributed by atoms with Crippen molar-refractivity contribution in [2.45, 2.75) is 43.6 Å². The smallest absolute Gasteiger partial charge is 0.312 e. The van der Waals surface area contributed by atoms with Gasteiger partial charge in [0.1, 0.15) is 23.7 Å². The molecule has 1 heterocycles. The highest BCUT2D eigenvalue weighted by molar-refractivity contribution is 5.72. The summed E-state index contributed by atoms with van der Waals surface area (Å²) in [6.07, 6.45) is 1.63. The number of primary amides is 1. The highest BCUT2D eigenvalue weighted by Gasteiger charge is 2.47. The van der Waals surface area contributed by atoms with E-state index in [1.54, 1.807) is 13.2 Å². The molecule has 0 spiro atoms. The second-order valence-corrected chi connectivity index (χ2v) is 6.41. The van der Waals surface area contributed by atoms with Crippen LogP contribution in [0, 0.1) is 0 Å². The molecule has 1 aromatic rings. The van der Waals surface area contributed by atoms with Crippen molar-refractivity contribution in [1.82, 2.24) is 10.2 Å². The molecule has 1 saturated heterocycles. The number of likely N-dealkylation sites (tertiary alicyclic amines) is 1. The molecule has 7 nitrogen and oxygen atoms in total. The molecular formula is C17H25N3O4. The third kappa shape index (κ3) is 3.57. The predicted molar refractivity (Wildman–Crippen MR) is 89.1 cm³/mol. The number of aliphatic hydroxyl groups is 1. The average Bonchev–Trinajstić information content (AvgIpc) is 3.16. The Morgan fingerprint density at radius 2 is 2.04 bits per heavy atom. The quantitative estimate of drug-likeness (QED) is 0.736. The van der Waals surface area contributed by atoms with Crippen LogP contribution in [-0.4, -0.2) is 60.5 Å². The van der Waals surface area contributed by atoms with E-state index in [1.807, 2.05) is 18.2 Å². The number of ether oxygens (including phenoxy) is 2. The Kier molecular flexibility index (Phi) is 5.11. The van der Waals surface area contributed by atoms with Gasteiger partial charge in [-0.05, 0) is 38.1 Å². The van der Waals surface area contributed by atoms with Crippen LogP contribution < -0.4 is 20.5 Å². The topological polar surface area (TPSA) is 97.1 Å². The number of urea groups is 1. The summed E-state index contributed by atoms with van der Waals surface area (Å²) < 4.78 is 11.2. The SMILES string of the molecule is COc1cccc(O[C@@H]2C[C@@H](NC(N)=O)[C@H](N3CCCC3)[C@H]2O)c1. The van der Waals surface area contributed by atoms with Crippen molar-refractivity contribution in [3.63, 3.8) is 0 Å². The van der Waals surface area contributed by atoms with Gasteiger partial charge in [-0.1, -0.05) is 6.07 Å². The van der Waals surface area contributed by atoms with Crippen LogP contribution in [0.25, 0.3) is 0 Å². The van der Waals surface area contributed by atoms with Crippen LogP contribution in [0.15, 0.2) is 24.3 Å². The minimum atomic E-state index is -0.689. The average molecular weight is 335 g/mol. The zero-order chi connectivity index (χ0) is 17.1. The van der Waals surface area contributed by atoms with E-state index in [0.29, 0.717) is 17.9 Å². The molecule has 2 fully saturated rings. The Hall–Kier alpha value is -1.99. The lowest BCUT2D eigenvalue weighted by Crippen LogP contribution is -2.53. The van der Waals surface area contributed by atoms with E-state index in [1.165, 1.54) is 0 Å². The number of hydrogen-bond donors (Lipinski definition) is 3. The third-order valence-electron chi connectivity index (χ3n) is 4.85. The van der Waals surface area contributed by atoms with Crippen molar-refractivity contribution in [3.8, 4) is 11.5 Å². The number of benzene rings is 1. The Balaban J connectivity index is 1.74. The molecule has 1 aromatic carbocycles. The van der Waals surface area contributed by atoms with E-state index in [9.17, 15) is 9.90 Å². The number of rotatable bonds is 5. The standard InChI is InChI=1S/C17H25N3O4/c1-23-11-5-4-6-12(9-11)24-14-10-13(19-17(18)22)15(16(14)21)20-7-2-3-8-20/h4-6,9,13-16,21H,2-3,7-8,10H2,1H3,(H3,18,19,22)/t13-,14-,15+,16+/m1/s1. The van der Waals surface area contributed by atoms with Crippen molar-refractivity contribution in [2.24, 2.45) is 5.73 Å². The summed E-state index contributed by atoms with van der Waals surface area (Å²) in [5.41, 5.74) is 5.31. The minimum Gasteiger partial charge on any atom is -0.497 e. The second kappa shape index (κ2) is 7.27. The molecule has 1 saturated carbocycles. The Morgan fingerprint density at radius 1 is 1.33 bits per heavy atom. The van der Waals surface area contributed by atoms with Crippen molar-refractivity contribution >= 4 is 6.03 Å². The van der Waals surface area contributed by atoms with Gasteiger partial charge in [0, 0.05) is 12.5 Å². The maximum atomic E-state index is 11.3. The van der Waals surface area contributed by atoms with Crippen LogP contribution in [0.1, 0.15) is 19.3 Å². The number of nitrogens with zero attached hydrogens (tertiary/aromatic N) is 1. The number of amides is 2. The molecule has 2 amide bonds. The summed E-state index contributed by atoms with van der Waals surface area (Å²) in [5.74, 6) is 1.33. The van der Waals surface area contributed by atoms with Gasteiger partial charge in [0.2, 0.25) is 0 Å². The summed E-state index contributed by atoms with van der Waals surface area (Å²) in [7, 11) is 1.60. The van der Waals surface area contributed by atoms with E-state index >= 15 is 0 Å². The molecule has 1 aliphatic heterocycles. The lowest BCUT2D eigenvalue weighted by Gasteiger charge is -2.31. The van der Waals surface area contributed by atoms with E-state index in [4.69, 9.17) is 15.2 Å². The van der Waals surface area contributed by atoms with Crippen molar-refractivity contribution in [1.29, 1.82) is 0 Å². The number of aliphatic hydroxyl groups excluding tert-OH is 1. The zero-order valence-electron chi connectivity index (χ0n) is 13.9. The molecule has 0 aromatic heterocycles. The summed E-state index contributed by atoms with van der Waals surface area (Å²) in [5, 5.41) is 13.6. The number of methoxy groups -OCH3 is 1. The molecule has 132 valence electrons. The van der Waals surface area contributed by atoms with Gasteiger partial charge in [-0.3, -0.25) is 4.90 Å². The van der Waals surface area contributed by atoms with Crippen molar-refractivity contribution in [2.75, 3.05) is 20.2 Å². The molecule has 1 aliphatic carbocycles. The van der Waals surface area contributed by atoms with E-state index < -0.39 is 18.2 Å². The van der Waals surface area contributed by atoms with Gasteiger partial charge in [-0.15, -0.1) is 0 Å². The van der Waals surface area contributed by atoms with Gasteiger partial charge < -0.3 is 25.6 Å². The number of carbonyl (C=O) groups is 1. The van der Waals surface area contributed by atoms with Crippen LogP contribution in [0.4, 0.5) is 4.79 Å². The monoisotopic (exact) mass is 335 g/mol. The van der Waals surface area contributed by atoms with Crippen LogP contribution in [-0.2, 0) is 0 Å². The second-order valence-electron chi connectivity index (χ2n) is 6.41. The molecule has 7 heteroatoms. The molecule has 0 radical (unpaired) electrons. The van der Waals surface area contributed by atoms with E-state index in [0.717, 1.165) is 25.9 Å². The number of carbonyl (C=O) groups excluding carboxylic acids is 1. The van der Waals surface area contributed by atoms with Gasteiger partial charge in [-0.25, -0.2) is 4.79 Å². The Morgan fingerprint density at radius 3 is 2.71 bits per heavy atom. The molecular weight excluding hydrogens is 310 g/mol. The summed E-state index contributed by atoms with van der Waals surface area (Å²) in [4.78, 5) is 13.5. The third-order valence-corrected chi connectivity index (χ3v) is 4.85. The zero-order valence-corrected chi connectivity index (χ0v) is 13.9. The highest BCUT2D eigenvalue weighted by Crippen LogP contribution is 2.32. The fourth-order valence-electron chi connectivity index (χ4n) is 3.79. The van der Waals surface area contributed by atoms with E-state index in [-0.39, 0.29) is 12.1 Å². The van der Waals surface area contributed by atoms with Gasteiger partial charge in [0.25, 0.3) is 0 Å². The lowest BCUT2D eigenvalue weighted by molar-refractivity contribution is 0.0142. The molecule has 3 rings (SSSR count). The van der Waals surface area contributed by atoms with Crippen molar-refractivity contribution < 1.29 is 19.4 Å². The molecule has 0 unspecified atom stereocenters. The molecule has 4 N–H and O–H groups in total. The van der Waals surface area contributed by atoms with Gasteiger partial charge in [-0.2, -0.15) is 0 Å². The number of nitrogens with one attached hydrogen (secondary N) is 1. The normalized spacial score (nSPS) is 30.2. The summed E-state index contributed by atoms with van der Waals surface area (Å²) in [6.45, 7) is 1.84.